The molecule has 0 aromatic carbocycles. The van der Waals surface area contributed by atoms with Gasteiger partial charge in [-0.05, 0) is 46.1 Å². The molecule has 1 N–H and O–H groups in total. The van der Waals surface area contributed by atoms with Crippen LogP contribution in [0, 0.1) is 5.92 Å². The Morgan fingerprint density at radius 2 is 2.08 bits per heavy atom. The van der Waals surface area contributed by atoms with E-state index in [2.05, 4.69) is 25.7 Å². The second-order valence-electron chi connectivity index (χ2n) is 4.81. The van der Waals surface area contributed by atoms with Gasteiger partial charge in [-0.25, -0.2) is 0 Å². The Hall–Kier alpha value is -0.0800. The van der Waals surface area contributed by atoms with Gasteiger partial charge in [-0.3, -0.25) is 4.90 Å². The highest BCUT2D eigenvalue weighted by atomic mass is 16.3. The molecule has 1 rings (SSSR count). The first-order valence-electron chi connectivity index (χ1n) is 4.90. The summed E-state index contributed by atoms with van der Waals surface area (Å²) in [5, 5.41) is 9.05. The van der Waals surface area contributed by atoms with Crippen LogP contribution < -0.4 is 0 Å². The van der Waals surface area contributed by atoms with Gasteiger partial charge in [0.1, 0.15) is 0 Å². The minimum absolute atomic E-state index is 0.272. The van der Waals surface area contributed by atoms with Crippen LogP contribution in [0.5, 0.6) is 0 Å². The Labute approximate surface area is 75.6 Å². The summed E-state index contributed by atoms with van der Waals surface area (Å²) in [6.07, 6.45) is 2.44. The fourth-order valence-electron chi connectivity index (χ4n) is 1.82. The number of aliphatic hydroxyl groups is 1. The van der Waals surface area contributed by atoms with E-state index in [9.17, 15) is 0 Å². The molecule has 0 amide bonds. The van der Waals surface area contributed by atoms with Crippen LogP contribution in [0.2, 0.25) is 0 Å². The molecule has 1 heterocycles. The summed E-state index contributed by atoms with van der Waals surface area (Å²) in [6.45, 7) is 9.35. The lowest BCUT2D eigenvalue weighted by Crippen LogP contribution is -2.47. The second-order valence-corrected chi connectivity index (χ2v) is 4.81. The van der Waals surface area contributed by atoms with Crippen LogP contribution in [0.15, 0.2) is 0 Å². The Kier molecular flexibility index (Phi) is 3.13. The van der Waals surface area contributed by atoms with E-state index in [1.165, 1.54) is 19.4 Å². The third-order valence-corrected chi connectivity index (χ3v) is 2.73. The molecule has 0 unspecified atom stereocenters. The Morgan fingerprint density at radius 1 is 1.42 bits per heavy atom. The van der Waals surface area contributed by atoms with Crippen molar-refractivity contribution in [3.8, 4) is 0 Å². The summed E-state index contributed by atoms with van der Waals surface area (Å²) in [6, 6.07) is 0. The maximum Gasteiger partial charge on any atom is 0.0471 e. The van der Waals surface area contributed by atoms with Crippen LogP contribution in [0.3, 0.4) is 0 Å². The number of hydrogen-bond donors (Lipinski definition) is 1. The molecular formula is C10H21NO. The van der Waals surface area contributed by atoms with Gasteiger partial charge < -0.3 is 5.11 Å². The van der Waals surface area contributed by atoms with Crippen molar-refractivity contribution in [2.45, 2.75) is 39.2 Å². The molecule has 1 atom stereocenters. The fourth-order valence-corrected chi connectivity index (χ4v) is 1.82. The number of aliphatic hydroxyl groups excluding tert-OH is 1. The molecule has 0 radical (unpaired) electrons. The van der Waals surface area contributed by atoms with E-state index >= 15 is 0 Å². The molecule has 72 valence electrons. The molecule has 0 saturated carbocycles. The lowest BCUT2D eigenvalue weighted by Gasteiger charge is -2.41. The molecule has 12 heavy (non-hydrogen) atoms. The lowest BCUT2D eigenvalue weighted by molar-refractivity contribution is 0.0561. The molecule has 2 nitrogen and oxygen atoms in total. The number of likely N-dealkylation sites (tertiary alicyclic amines) is 1. The Morgan fingerprint density at radius 3 is 2.58 bits per heavy atom. The molecule has 1 aliphatic heterocycles. The minimum atomic E-state index is 0.272. The molecule has 1 saturated heterocycles. The third-order valence-electron chi connectivity index (χ3n) is 2.73. The molecule has 0 spiro atoms. The van der Waals surface area contributed by atoms with Crippen molar-refractivity contribution in [2.24, 2.45) is 5.92 Å². The van der Waals surface area contributed by atoms with Gasteiger partial charge >= 0.3 is 0 Å². The van der Waals surface area contributed by atoms with E-state index in [1.807, 2.05) is 0 Å². The number of rotatable bonds is 1. The SMILES string of the molecule is CC(C)(C)N1CCC[C@@H](CO)C1. The zero-order valence-corrected chi connectivity index (χ0v) is 8.51. The summed E-state index contributed by atoms with van der Waals surface area (Å²) in [4.78, 5) is 2.47. The maximum absolute atomic E-state index is 9.05. The summed E-state index contributed by atoms with van der Waals surface area (Å²) >= 11 is 0. The normalized spacial score (nSPS) is 27.5. The van der Waals surface area contributed by atoms with Crippen molar-refractivity contribution in [3.05, 3.63) is 0 Å². The average molecular weight is 171 g/mol. The number of hydrogen-bond acceptors (Lipinski definition) is 2. The third kappa shape index (κ3) is 2.46. The topological polar surface area (TPSA) is 23.5 Å². The van der Waals surface area contributed by atoms with Crippen molar-refractivity contribution in [1.29, 1.82) is 0 Å². The van der Waals surface area contributed by atoms with Gasteiger partial charge in [-0.15, -0.1) is 0 Å². The Balaban J connectivity index is 2.46. The van der Waals surface area contributed by atoms with Crippen molar-refractivity contribution >= 4 is 0 Å². The molecule has 2 heteroatoms. The van der Waals surface area contributed by atoms with Crippen molar-refractivity contribution in [2.75, 3.05) is 19.7 Å². The number of nitrogens with zero attached hydrogens (tertiary/aromatic N) is 1. The smallest absolute Gasteiger partial charge is 0.0471 e. The van der Waals surface area contributed by atoms with Crippen LogP contribution >= 0.6 is 0 Å². The van der Waals surface area contributed by atoms with Crippen LogP contribution in [0.25, 0.3) is 0 Å². The van der Waals surface area contributed by atoms with Gasteiger partial charge in [0.05, 0.1) is 0 Å². The number of piperidine rings is 1. The summed E-state index contributed by atoms with van der Waals surface area (Å²) in [7, 11) is 0. The van der Waals surface area contributed by atoms with Crippen LogP contribution in [0.4, 0.5) is 0 Å². The average Bonchev–Trinajstić information content (AvgIpc) is 2.03. The minimum Gasteiger partial charge on any atom is -0.396 e. The van der Waals surface area contributed by atoms with Crippen molar-refractivity contribution in [1.82, 2.24) is 4.90 Å². The predicted octanol–water partition coefficient (Wildman–Crippen LogP) is 1.49. The molecule has 1 fully saturated rings. The van der Waals surface area contributed by atoms with E-state index in [0.29, 0.717) is 12.5 Å². The maximum atomic E-state index is 9.05. The fraction of sp³-hybridized carbons (Fsp3) is 1.00. The lowest BCUT2D eigenvalue weighted by atomic mass is 9.94. The molecule has 0 aliphatic carbocycles. The largest absolute Gasteiger partial charge is 0.396 e. The first kappa shape index (κ1) is 10.0. The predicted molar refractivity (Wildman–Crippen MR) is 51.1 cm³/mol. The first-order valence-corrected chi connectivity index (χ1v) is 4.90. The van der Waals surface area contributed by atoms with Gasteiger partial charge in [-0.1, -0.05) is 0 Å². The summed E-state index contributed by atoms with van der Waals surface area (Å²) < 4.78 is 0. The van der Waals surface area contributed by atoms with E-state index in [-0.39, 0.29) is 5.54 Å². The first-order chi connectivity index (χ1) is 5.54. The van der Waals surface area contributed by atoms with E-state index in [1.54, 1.807) is 0 Å². The highest BCUT2D eigenvalue weighted by Gasteiger charge is 2.27. The second kappa shape index (κ2) is 3.75. The van der Waals surface area contributed by atoms with Crippen molar-refractivity contribution < 1.29 is 5.11 Å². The van der Waals surface area contributed by atoms with Crippen molar-refractivity contribution in [3.63, 3.8) is 0 Å². The molecular weight excluding hydrogens is 150 g/mol. The summed E-state index contributed by atoms with van der Waals surface area (Å²) in [5.41, 5.74) is 0.272. The van der Waals surface area contributed by atoms with E-state index < -0.39 is 0 Å². The van der Waals surface area contributed by atoms with Gasteiger partial charge in [0, 0.05) is 18.7 Å². The van der Waals surface area contributed by atoms with Gasteiger partial charge in [-0.2, -0.15) is 0 Å². The Bertz CT molecular complexity index is 139. The van der Waals surface area contributed by atoms with E-state index in [4.69, 9.17) is 5.11 Å². The zero-order chi connectivity index (χ0) is 9.19. The van der Waals surface area contributed by atoms with E-state index in [0.717, 1.165) is 6.54 Å². The zero-order valence-electron chi connectivity index (χ0n) is 8.51. The quantitative estimate of drug-likeness (QED) is 0.646. The van der Waals surface area contributed by atoms with Gasteiger partial charge in [0.2, 0.25) is 0 Å². The van der Waals surface area contributed by atoms with Crippen LogP contribution in [-0.4, -0.2) is 35.2 Å². The molecule has 0 aromatic heterocycles. The highest BCUT2D eigenvalue weighted by molar-refractivity contribution is 4.81. The highest BCUT2D eigenvalue weighted by Crippen LogP contribution is 2.22. The van der Waals surface area contributed by atoms with Crippen LogP contribution in [-0.2, 0) is 0 Å². The molecule has 0 aromatic rings. The monoisotopic (exact) mass is 171 g/mol. The molecule has 1 aliphatic rings. The standard InChI is InChI=1S/C10H21NO/c1-10(2,3)11-6-4-5-9(7-11)8-12/h9,12H,4-8H2,1-3H3/t9-/m1/s1. The van der Waals surface area contributed by atoms with Gasteiger partial charge in [0.15, 0.2) is 0 Å². The molecule has 0 bridgehead atoms. The van der Waals surface area contributed by atoms with Crippen LogP contribution in [0.1, 0.15) is 33.6 Å². The summed E-state index contributed by atoms with van der Waals surface area (Å²) in [5.74, 6) is 0.512. The van der Waals surface area contributed by atoms with Gasteiger partial charge in [0.25, 0.3) is 0 Å².